The lowest BCUT2D eigenvalue weighted by Crippen LogP contribution is -3.15. The fraction of sp³-hybridized carbons (Fsp3) is 0.333. The molecule has 0 amide bonds. The van der Waals surface area contributed by atoms with Gasteiger partial charge in [-0.15, -0.1) is 0 Å². The van der Waals surface area contributed by atoms with E-state index in [0.717, 1.165) is 38.4 Å². The number of nitrogens with one attached hydrogen (secondary N) is 1. The maximum Gasteiger partial charge on any atom is 0.138 e. The number of para-hydroxylation sites is 2. The Bertz CT molecular complexity index is 688. The third-order valence-electron chi connectivity index (χ3n) is 4.30. The van der Waals surface area contributed by atoms with Gasteiger partial charge in [0, 0.05) is 5.02 Å². The second-order valence-corrected chi connectivity index (χ2v) is 6.74. The van der Waals surface area contributed by atoms with E-state index in [1.807, 2.05) is 18.2 Å². The summed E-state index contributed by atoms with van der Waals surface area (Å²) in [4.78, 5) is 3.72. The second kappa shape index (κ2) is 7.97. The standard InChI is InChI=1S/C18H20Cl2N2O2/c19-14-5-6-18(15(20)13-14)24-12-11-21-7-9-22(10-8-21)16-3-1-2-4-17(16)23/h1-6,13,23H,7-12H2/p+1. The van der Waals surface area contributed by atoms with Gasteiger partial charge >= 0.3 is 0 Å². The zero-order valence-electron chi connectivity index (χ0n) is 13.3. The number of ether oxygens (including phenoxy) is 1. The van der Waals surface area contributed by atoms with Gasteiger partial charge in [-0.1, -0.05) is 35.3 Å². The first kappa shape index (κ1) is 17.2. The maximum atomic E-state index is 9.95. The Morgan fingerprint density at radius 2 is 1.83 bits per heavy atom. The number of rotatable bonds is 5. The quantitative estimate of drug-likeness (QED) is 0.852. The predicted octanol–water partition coefficient (Wildman–Crippen LogP) is 2.48. The number of aromatic hydroxyl groups is 1. The minimum absolute atomic E-state index is 0.349. The largest absolute Gasteiger partial charge is 0.506 e. The van der Waals surface area contributed by atoms with Gasteiger partial charge in [0.25, 0.3) is 0 Å². The Labute approximate surface area is 152 Å². The molecule has 1 fully saturated rings. The number of phenols is 1. The summed E-state index contributed by atoms with van der Waals surface area (Å²) in [5.74, 6) is 1.02. The van der Waals surface area contributed by atoms with Crippen LogP contribution < -0.4 is 14.5 Å². The Balaban J connectivity index is 1.45. The molecule has 0 saturated carbocycles. The number of hydrogen-bond acceptors (Lipinski definition) is 3. The van der Waals surface area contributed by atoms with Crippen LogP contribution in [0.1, 0.15) is 0 Å². The third kappa shape index (κ3) is 4.26. The summed E-state index contributed by atoms with van der Waals surface area (Å²) in [5, 5.41) is 11.1. The minimum Gasteiger partial charge on any atom is -0.506 e. The molecule has 1 aliphatic heterocycles. The van der Waals surface area contributed by atoms with E-state index in [-0.39, 0.29) is 0 Å². The van der Waals surface area contributed by atoms with Crippen molar-refractivity contribution < 1.29 is 14.7 Å². The lowest BCUT2D eigenvalue weighted by Gasteiger charge is -2.33. The fourth-order valence-electron chi connectivity index (χ4n) is 2.94. The van der Waals surface area contributed by atoms with Crippen molar-refractivity contribution in [3.63, 3.8) is 0 Å². The van der Waals surface area contributed by atoms with Gasteiger partial charge in [-0.2, -0.15) is 0 Å². The molecule has 1 aliphatic rings. The predicted molar refractivity (Wildman–Crippen MR) is 97.8 cm³/mol. The maximum absolute atomic E-state index is 9.95. The molecule has 3 rings (SSSR count). The van der Waals surface area contributed by atoms with Crippen LogP contribution in [0.2, 0.25) is 10.0 Å². The number of piperazine rings is 1. The lowest BCUT2D eigenvalue weighted by atomic mass is 10.2. The molecule has 4 nitrogen and oxygen atoms in total. The summed E-state index contributed by atoms with van der Waals surface area (Å²) in [6.45, 7) is 5.43. The van der Waals surface area contributed by atoms with Crippen LogP contribution in [-0.4, -0.2) is 44.4 Å². The van der Waals surface area contributed by atoms with Gasteiger partial charge in [-0.25, -0.2) is 0 Å². The van der Waals surface area contributed by atoms with Crippen molar-refractivity contribution in [2.45, 2.75) is 0 Å². The number of halogens is 2. The summed E-state index contributed by atoms with van der Waals surface area (Å²) in [6.07, 6.45) is 0. The van der Waals surface area contributed by atoms with Gasteiger partial charge in [-0.3, -0.25) is 0 Å². The molecule has 6 heteroatoms. The molecule has 0 unspecified atom stereocenters. The van der Waals surface area contributed by atoms with Crippen LogP contribution in [0.25, 0.3) is 0 Å². The number of nitrogens with zero attached hydrogens (tertiary/aromatic N) is 1. The first-order valence-electron chi connectivity index (χ1n) is 8.08. The van der Waals surface area contributed by atoms with Gasteiger partial charge in [0.15, 0.2) is 0 Å². The molecule has 0 aliphatic carbocycles. The highest BCUT2D eigenvalue weighted by atomic mass is 35.5. The molecule has 0 radical (unpaired) electrons. The van der Waals surface area contributed by atoms with Crippen molar-refractivity contribution in [1.82, 2.24) is 0 Å². The van der Waals surface area contributed by atoms with E-state index in [0.29, 0.717) is 28.2 Å². The van der Waals surface area contributed by atoms with Crippen molar-refractivity contribution >= 4 is 28.9 Å². The molecule has 0 spiro atoms. The Morgan fingerprint density at radius 1 is 1.08 bits per heavy atom. The number of phenolic OH excluding ortho intramolecular Hbond substituents is 1. The van der Waals surface area contributed by atoms with E-state index in [2.05, 4.69) is 4.90 Å². The molecule has 1 saturated heterocycles. The van der Waals surface area contributed by atoms with E-state index in [4.69, 9.17) is 27.9 Å². The second-order valence-electron chi connectivity index (χ2n) is 5.90. The van der Waals surface area contributed by atoms with E-state index >= 15 is 0 Å². The highest BCUT2D eigenvalue weighted by Crippen LogP contribution is 2.27. The van der Waals surface area contributed by atoms with Gasteiger partial charge in [0.05, 0.1) is 36.9 Å². The summed E-state index contributed by atoms with van der Waals surface area (Å²) < 4.78 is 5.76. The molecule has 0 bridgehead atoms. The van der Waals surface area contributed by atoms with Crippen molar-refractivity contribution in [2.75, 3.05) is 44.2 Å². The zero-order chi connectivity index (χ0) is 16.9. The molecule has 0 aromatic heterocycles. The molecule has 2 N–H and O–H groups in total. The van der Waals surface area contributed by atoms with E-state index in [1.54, 1.807) is 24.3 Å². The third-order valence-corrected chi connectivity index (χ3v) is 4.83. The van der Waals surface area contributed by atoms with Crippen molar-refractivity contribution in [2.24, 2.45) is 0 Å². The van der Waals surface area contributed by atoms with Crippen molar-refractivity contribution in [3.8, 4) is 11.5 Å². The van der Waals surface area contributed by atoms with Crippen LogP contribution >= 0.6 is 23.2 Å². The zero-order valence-corrected chi connectivity index (χ0v) is 14.9. The monoisotopic (exact) mass is 367 g/mol. The van der Waals surface area contributed by atoms with E-state index in [9.17, 15) is 5.11 Å². The lowest BCUT2D eigenvalue weighted by molar-refractivity contribution is -0.900. The van der Waals surface area contributed by atoms with Crippen LogP contribution in [0.5, 0.6) is 11.5 Å². The summed E-state index contributed by atoms with van der Waals surface area (Å²) in [5.41, 5.74) is 0.917. The Kier molecular flexibility index (Phi) is 5.72. The highest BCUT2D eigenvalue weighted by Gasteiger charge is 2.21. The Morgan fingerprint density at radius 3 is 2.54 bits per heavy atom. The number of hydrogen-bond donors (Lipinski definition) is 2. The molecule has 2 aromatic carbocycles. The molecule has 1 heterocycles. The molecule has 0 atom stereocenters. The fourth-order valence-corrected chi connectivity index (χ4v) is 3.41. The topological polar surface area (TPSA) is 37.1 Å². The smallest absolute Gasteiger partial charge is 0.138 e. The van der Waals surface area contributed by atoms with Crippen LogP contribution in [0, 0.1) is 0 Å². The molecule has 2 aromatic rings. The number of anilines is 1. The molecule has 128 valence electrons. The van der Waals surface area contributed by atoms with Crippen molar-refractivity contribution in [1.29, 1.82) is 0 Å². The van der Waals surface area contributed by atoms with E-state index < -0.39 is 0 Å². The van der Waals surface area contributed by atoms with Crippen LogP contribution in [-0.2, 0) is 0 Å². The Hall–Kier alpha value is -1.62. The molecule has 24 heavy (non-hydrogen) atoms. The highest BCUT2D eigenvalue weighted by molar-refractivity contribution is 6.35. The SMILES string of the molecule is Oc1ccccc1N1CC[NH+](CCOc2ccc(Cl)cc2Cl)CC1. The summed E-state index contributed by atoms with van der Waals surface area (Å²) >= 11 is 12.0. The van der Waals surface area contributed by atoms with Gasteiger partial charge in [0.2, 0.25) is 0 Å². The van der Waals surface area contributed by atoms with Gasteiger partial charge < -0.3 is 19.6 Å². The average molecular weight is 368 g/mol. The normalized spacial score (nSPS) is 15.5. The van der Waals surface area contributed by atoms with Crippen LogP contribution in [0.15, 0.2) is 42.5 Å². The number of quaternary nitrogens is 1. The van der Waals surface area contributed by atoms with Gasteiger partial charge in [-0.05, 0) is 30.3 Å². The van der Waals surface area contributed by atoms with Gasteiger partial charge in [0.1, 0.15) is 24.7 Å². The average Bonchev–Trinajstić information content (AvgIpc) is 2.58. The minimum atomic E-state index is 0.349. The van der Waals surface area contributed by atoms with E-state index in [1.165, 1.54) is 4.90 Å². The first-order chi connectivity index (χ1) is 11.6. The van der Waals surface area contributed by atoms with Crippen LogP contribution in [0.3, 0.4) is 0 Å². The van der Waals surface area contributed by atoms with Crippen molar-refractivity contribution in [3.05, 3.63) is 52.5 Å². The summed E-state index contributed by atoms with van der Waals surface area (Å²) in [7, 11) is 0. The number of benzene rings is 2. The molecular formula is C18H21Cl2N2O2+. The molecular weight excluding hydrogens is 347 g/mol. The summed E-state index contributed by atoms with van der Waals surface area (Å²) in [6, 6.07) is 12.8. The first-order valence-corrected chi connectivity index (χ1v) is 8.83. The van der Waals surface area contributed by atoms with Crippen LogP contribution in [0.4, 0.5) is 5.69 Å².